The standard InChI is InChI=1S/C24H21N3O3/c1-16-7-5-9-18(13-16)24-26-23(27-30-24)20-11-3-4-12-21(20)29-15-22(28)25-19-10-6-8-17(2)14-19/h3-14H,15H2,1-2H3,(H,25,28). The van der Waals surface area contributed by atoms with Crippen molar-refractivity contribution in [3.05, 3.63) is 83.9 Å². The second-order valence-electron chi connectivity index (χ2n) is 7.00. The van der Waals surface area contributed by atoms with Crippen LogP contribution in [0.3, 0.4) is 0 Å². The molecule has 0 aliphatic carbocycles. The highest BCUT2D eigenvalue weighted by Crippen LogP contribution is 2.29. The van der Waals surface area contributed by atoms with Crippen molar-refractivity contribution >= 4 is 11.6 Å². The first kappa shape index (κ1) is 19.4. The maximum atomic E-state index is 12.3. The molecule has 150 valence electrons. The lowest BCUT2D eigenvalue weighted by Gasteiger charge is -2.10. The Bertz CT molecular complexity index is 1180. The van der Waals surface area contributed by atoms with Gasteiger partial charge in [-0.25, -0.2) is 0 Å². The third-order valence-corrected chi connectivity index (χ3v) is 4.48. The Morgan fingerprint density at radius 1 is 0.967 bits per heavy atom. The van der Waals surface area contributed by atoms with Crippen molar-refractivity contribution in [2.75, 3.05) is 11.9 Å². The molecular formula is C24H21N3O3. The summed E-state index contributed by atoms with van der Waals surface area (Å²) >= 11 is 0. The summed E-state index contributed by atoms with van der Waals surface area (Å²) in [5.41, 5.74) is 4.42. The fourth-order valence-corrected chi connectivity index (χ4v) is 3.07. The Labute approximate surface area is 174 Å². The summed E-state index contributed by atoms with van der Waals surface area (Å²) in [5, 5.41) is 6.92. The highest BCUT2D eigenvalue weighted by Gasteiger charge is 2.15. The second-order valence-corrected chi connectivity index (χ2v) is 7.00. The van der Waals surface area contributed by atoms with E-state index in [2.05, 4.69) is 15.5 Å². The van der Waals surface area contributed by atoms with Crippen LogP contribution in [0, 0.1) is 13.8 Å². The number of aromatic nitrogens is 2. The quantitative estimate of drug-likeness (QED) is 0.492. The molecule has 0 radical (unpaired) electrons. The fourth-order valence-electron chi connectivity index (χ4n) is 3.07. The monoisotopic (exact) mass is 399 g/mol. The smallest absolute Gasteiger partial charge is 0.262 e. The number of nitrogens with one attached hydrogen (secondary N) is 1. The first-order chi connectivity index (χ1) is 14.6. The van der Waals surface area contributed by atoms with Crippen LogP contribution in [0.4, 0.5) is 5.69 Å². The molecule has 0 aliphatic heterocycles. The van der Waals surface area contributed by atoms with Crippen LogP contribution in [-0.2, 0) is 4.79 Å². The molecule has 0 saturated heterocycles. The van der Waals surface area contributed by atoms with Gasteiger partial charge in [-0.1, -0.05) is 47.1 Å². The summed E-state index contributed by atoms with van der Waals surface area (Å²) in [4.78, 5) is 16.8. The molecule has 6 heteroatoms. The number of rotatable bonds is 6. The van der Waals surface area contributed by atoms with Crippen LogP contribution in [0.2, 0.25) is 0 Å². The Balaban J connectivity index is 1.48. The van der Waals surface area contributed by atoms with Crippen molar-refractivity contribution < 1.29 is 14.1 Å². The molecule has 30 heavy (non-hydrogen) atoms. The first-order valence-corrected chi connectivity index (χ1v) is 9.58. The molecule has 6 nitrogen and oxygen atoms in total. The molecule has 0 fully saturated rings. The van der Waals surface area contributed by atoms with E-state index < -0.39 is 0 Å². The maximum Gasteiger partial charge on any atom is 0.262 e. The van der Waals surface area contributed by atoms with Crippen LogP contribution in [0.5, 0.6) is 5.75 Å². The molecule has 0 aliphatic rings. The highest BCUT2D eigenvalue weighted by molar-refractivity contribution is 5.92. The van der Waals surface area contributed by atoms with Gasteiger partial charge in [-0.3, -0.25) is 4.79 Å². The van der Waals surface area contributed by atoms with E-state index in [0.29, 0.717) is 23.0 Å². The number of aryl methyl sites for hydroxylation is 2. The average molecular weight is 399 g/mol. The van der Waals surface area contributed by atoms with Gasteiger partial charge < -0.3 is 14.6 Å². The fraction of sp³-hybridized carbons (Fsp3) is 0.125. The molecule has 0 unspecified atom stereocenters. The number of amides is 1. The number of nitrogens with zero attached hydrogens (tertiary/aromatic N) is 2. The van der Waals surface area contributed by atoms with Gasteiger partial charge in [-0.2, -0.15) is 4.98 Å². The summed E-state index contributed by atoms with van der Waals surface area (Å²) in [6, 6.07) is 22.7. The van der Waals surface area contributed by atoms with Gasteiger partial charge in [-0.15, -0.1) is 0 Å². The van der Waals surface area contributed by atoms with Gasteiger partial charge in [0.2, 0.25) is 5.82 Å². The Morgan fingerprint density at radius 3 is 2.53 bits per heavy atom. The molecule has 4 rings (SSSR count). The summed E-state index contributed by atoms with van der Waals surface area (Å²) in [5.74, 6) is 1.10. The number of hydrogen-bond acceptors (Lipinski definition) is 5. The molecule has 1 amide bonds. The van der Waals surface area contributed by atoms with Crippen LogP contribution < -0.4 is 10.1 Å². The van der Waals surface area contributed by atoms with E-state index in [-0.39, 0.29) is 12.5 Å². The van der Waals surface area contributed by atoms with Gasteiger partial charge in [-0.05, 0) is 55.8 Å². The Hall–Kier alpha value is -3.93. The van der Waals surface area contributed by atoms with Crippen molar-refractivity contribution in [1.82, 2.24) is 10.1 Å². The minimum absolute atomic E-state index is 0.131. The van der Waals surface area contributed by atoms with Crippen LogP contribution >= 0.6 is 0 Å². The number of anilines is 1. The topological polar surface area (TPSA) is 77.2 Å². The third kappa shape index (κ3) is 4.55. The molecular weight excluding hydrogens is 378 g/mol. The van der Waals surface area contributed by atoms with E-state index in [1.54, 1.807) is 6.07 Å². The van der Waals surface area contributed by atoms with Crippen molar-refractivity contribution in [3.63, 3.8) is 0 Å². The number of carbonyl (C=O) groups is 1. The van der Waals surface area contributed by atoms with Crippen molar-refractivity contribution in [1.29, 1.82) is 0 Å². The van der Waals surface area contributed by atoms with Gasteiger partial charge in [0, 0.05) is 11.3 Å². The lowest BCUT2D eigenvalue weighted by molar-refractivity contribution is -0.118. The number of benzene rings is 3. The minimum Gasteiger partial charge on any atom is -0.483 e. The molecule has 0 atom stereocenters. The predicted molar refractivity (Wildman–Crippen MR) is 115 cm³/mol. The molecule has 1 N–H and O–H groups in total. The van der Waals surface area contributed by atoms with E-state index in [1.807, 2.05) is 80.6 Å². The zero-order chi connectivity index (χ0) is 20.9. The van der Waals surface area contributed by atoms with E-state index >= 15 is 0 Å². The predicted octanol–water partition coefficient (Wildman–Crippen LogP) is 5.04. The summed E-state index contributed by atoms with van der Waals surface area (Å²) in [7, 11) is 0. The maximum absolute atomic E-state index is 12.3. The van der Waals surface area contributed by atoms with Crippen LogP contribution in [0.15, 0.2) is 77.3 Å². The number of hydrogen-bond donors (Lipinski definition) is 1. The molecule has 3 aromatic carbocycles. The number of carbonyl (C=O) groups excluding carboxylic acids is 1. The Morgan fingerprint density at radius 2 is 1.73 bits per heavy atom. The zero-order valence-corrected chi connectivity index (χ0v) is 16.8. The average Bonchev–Trinajstić information content (AvgIpc) is 3.23. The zero-order valence-electron chi connectivity index (χ0n) is 16.8. The van der Waals surface area contributed by atoms with Gasteiger partial charge in [0.1, 0.15) is 5.75 Å². The van der Waals surface area contributed by atoms with Gasteiger partial charge in [0.25, 0.3) is 11.8 Å². The lowest BCUT2D eigenvalue weighted by Crippen LogP contribution is -2.20. The van der Waals surface area contributed by atoms with E-state index in [4.69, 9.17) is 9.26 Å². The highest BCUT2D eigenvalue weighted by atomic mass is 16.5. The lowest BCUT2D eigenvalue weighted by atomic mass is 10.1. The summed E-state index contributed by atoms with van der Waals surface area (Å²) < 4.78 is 11.2. The second kappa shape index (κ2) is 8.61. The Kier molecular flexibility index (Phi) is 5.57. The van der Waals surface area contributed by atoms with Crippen LogP contribution in [0.1, 0.15) is 11.1 Å². The molecule has 4 aromatic rings. The van der Waals surface area contributed by atoms with E-state index in [0.717, 1.165) is 22.4 Å². The van der Waals surface area contributed by atoms with Crippen molar-refractivity contribution in [2.24, 2.45) is 0 Å². The van der Waals surface area contributed by atoms with Crippen molar-refractivity contribution in [3.8, 4) is 28.6 Å². The molecule has 0 spiro atoms. The largest absolute Gasteiger partial charge is 0.483 e. The third-order valence-electron chi connectivity index (χ3n) is 4.48. The van der Waals surface area contributed by atoms with Gasteiger partial charge in [0.15, 0.2) is 6.61 Å². The van der Waals surface area contributed by atoms with E-state index in [9.17, 15) is 4.79 Å². The summed E-state index contributed by atoms with van der Waals surface area (Å²) in [6.45, 7) is 3.84. The van der Waals surface area contributed by atoms with Gasteiger partial charge >= 0.3 is 0 Å². The van der Waals surface area contributed by atoms with Crippen LogP contribution in [0.25, 0.3) is 22.8 Å². The summed E-state index contributed by atoms with van der Waals surface area (Å²) in [6.07, 6.45) is 0. The number of para-hydroxylation sites is 1. The first-order valence-electron chi connectivity index (χ1n) is 9.58. The molecule has 0 saturated carbocycles. The normalized spacial score (nSPS) is 10.6. The van der Waals surface area contributed by atoms with Crippen molar-refractivity contribution in [2.45, 2.75) is 13.8 Å². The number of ether oxygens (including phenoxy) is 1. The molecule has 0 bridgehead atoms. The van der Waals surface area contributed by atoms with Gasteiger partial charge in [0.05, 0.1) is 5.56 Å². The minimum atomic E-state index is -0.246. The SMILES string of the molecule is Cc1cccc(NC(=O)COc2ccccc2-c2noc(-c3cccc(C)c3)n2)c1. The van der Waals surface area contributed by atoms with Crippen LogP contribution in [-0.4, -0.2) is 22.7 Å². The van der Waals surface area contributed by atoms with E-state index in [1.165, 1.54) is 0 Å². The molecule has 1 heterocycles. The molecule has 1 aromatic heterocycles.